The predicted molar refractivity (Wildman–Crippen MR) is 67.0 cm³/mol. The van der Waals surface area contributed by atoms with Crippen molar-refractivity contribution in [3.8, 4) is 0 Å². The Balaban J connectivity index is 5.12. The third kappa shape index (κ3) is 3.80. The summed E-state index contributed by atoms with van der Waals surface area (Å²) in [5.74, 6) is 0.0196. The minimum absolute atomic E-state index is 0.198. The summed E-state index contributed by atoms with van der Waals surface area (Å²) < 4.78 is 0. The van der Waals surface area contributed by atoms with Crippen molar-refractivity contribution in [1.82, 2.24) is 5.06 Å². The topological polar surface area (TPSA) is 29.5 Å². The van der Waals surface area contributed by atoms with Gasteiger partial charge >= 0.3 is 0 Å². The Morgan fingerprint density at radius 2 is 1.88 bits per heavy atom. The minimum Gasteiger partial charge on any atom is -0.270 e. The molecule has 16 heavy (non-hydrogen) atoms. The number of hydrogen-bond acceptors (Lipinski definition) is 2. The van der Waals surface area contributed by atoms with Gasteiger partial charge in [0, 0.05) is 0 Å². The lowest BCUT2D eigenvalue weighted by Gasteiger charge is -2.28. The molecule has 0 aromatic rings. The maximum absolute atomic E-state index is 12.0. The van der Waals surface area contributed by atoms with Crippen LogP contribution in [0.25, 0.3) is 0 Å². The summed E-state index contributed by atoms with van der Waals surface area (Å²) >= 11 is 5.95. The zero-order valence-corrected chi connectivity index (χ0v) is 11.8. The molecule has 0 radical (unpaired) electrons. The fourth-order valence-electron chi connectivity index (χ4n) is 1.62. The van der Waals surface area contributed by atoms with Gasteiger partial charge in [-0.25, -0.2) is 0 Å². The van der Waals surface area contributed by atoms with Gasteiger partial charge in [0.05, 0.1) is 12.8 Å². The number of hydrogen-bond donors (Lipinski definition) is 0. The Kier molecular flexibility index (Phi) is 6.68. The first-order valence-corrected chi connectivity index (χ1v) is 5.99. The zero-order chi connectivity index (χ0) is 12.9. The molecule has 0 aliphatic rings. The first kappa shape index (κ1) is 15.5. The maximum Gasteiger partial charge on any atom is 0.268 e. The lowest BCUT2D eigenvalue weighted by Crippen LogP contribution is -2.37. The fourth-order valence-corrected chi connectivity index (χ4v) is 1.71. The molecule has 0 aliphatic heterocycles. The largest absolute Gasteiger partial charge is 0.270 e. The van der Waals surface area contributed by atoms with Gasteiger partial charge in [0.25, 0.3) is 5.91 Å². The smallest absolute Gasteiger partial charge is 0.268 e. The highest BCUT2D eigenvalue weighted by Crippen LogP contribution is 2.22. The Labute approximate surface area is 103 Å². The summed E-state index contributed by atoms with van der Waals surface area (Å²) in [6.45, 7) is 9.85. The van der Waals surface area contributed by atoms with Crippen molar-refractivity contribution in [2.45, 2.75) is 46.4 Å². The van der Waals surface area contributed by atoms with E-state index in [1.807, 2.05) is 34.6 Å². The summed E-state index contributed by atoms with van der Waals surface area (Å²) in [5.41, 5.74) is 1.94. The molecule has 0 aromatic carbocycles. The number of nitrogens with zero attached hydrogens (tertiary/aromatic N) is 1. The van der Waals surface area contributed by atoms with Crippen LogP contribution in [0.3, 0.4) is 0 Å². The first-order chi connectivity index (χ1) is 7.36. The molecule has 0 N–H and O–H groups in total. The molecular formula is C12H22ClNO2. The summed E-state index contributed by atoms with van der Waals surface area (Å²) in [5, 5.41) is 0.786. The second kappa shape index (κ2) is 6.92. The molecule has 0 fully saturated rings. The number of amides is 1. The van der Waals surface area contributed by atoms with Gasteiger partial charge < -0.3 is 0 Å². The van der Waals surface area contributed by atoms with E-state index in [0.717, 1.165) is 11.3 Å². The standard InChI is InChI=1S/C12H22ClNO2/c1-7-10(13)12(15)14(16-6)11(8(2)3)9(4)5/h8,10H,7H2,1-6H3. The highest BCUT2D eigenvalue weighted by Gasteiger charge is 2.26. The number of carbonyl (C=O) groups excluding carboxylic acids is 1. The maximum atomic E-state index is 12.0. The van der Waals surface area contributed by atoms with E-state index in [1.165, 1.54) is 12.2 Å². The van der Waals surface area contributed by atoms with Crippen LogP contribution in [-0.4, -0.2) is 23.5 Å². The van der Waals surface area contributed by atoms with E-state index in [2.05, 4.69) is 0 Å². The average molecular weight is 248 g/mol. The van der Waals surface area contributed by atoms with Crippen molar-refractivity contribution in [3.05, 3.63) is 11.3 Å². The van der Waals surface area contributed by atoms with Gasteiger partial charge in [-0.1, -0.05) is 26.3 Å². The van der Waals surface area contributed by atoms with Gasteiger partial charge in [-0.3, -0.25) is 9.63 Å². The molecule has 94 valence electrons. The van der Waals surface area contributed by atoms with E-state index < -0.39 is 5.38 Å². The monoisotopic (exact) mass is 247 g/mol. The second-order valence-corrected chi connectivity index (χ2v) is 4.76. The van der Waals surface area contributed by atoms with Crippen LogP contribution < -0.4 is 0 Å². The molecule has 1 unspecified atom stereocenters. The summed E-state index contributed by atoms with van der Waals surface area (Å²) in [4.78, 5) is 17.2. The van der Waals surface area contributed by atoms with Gasteiger partial charge in [-0.05, 0) is 26.2 Å². The summed E-state index contributed by atoms with van der Waals surface area (Å²) in [6.07, 6.45) is 0.592. The molecule has 0 rings (SSSR count). The number of allylic oxidation sites excluding steroid dienone is 2. The number of halogens is 1. The quantitative estimate of drug-likeness (QED) is 0.551. The van der Waals surface area contributed by atoms with Gasteiger partial charge in [-0.2, -0.15) is 5.06 Å². The van der Waals surface area contributed by atoms with E-state index in [-0.39, 0.29) is 11.8 Å². The third-order valence-corrected chi connectivity index (χ3v) is 2.78. The minimum atomic E-state index is -0.534. The number of hydroxylamine groups is 2. The first-order valence-electron chi connectivity index (χ1n) is 5.56. The van der Waals surface area contributed by atoms with Gasteiger partial charge in [0.2, 0.25) is 0 Å². The second-order valence-electron chi connectivity index (χ2n) is 4.23. The molecule has 1 atom stereocenters. The van der Waals surface area contributed by atoms with Crippen molar-refractivity contribution in [2.75, 3.05) is 7.11 Å². The van der Waals surface area contributed by atoms with E-state index in [0.29, 0.717) is 6.42 Å². The molecule has 0 saturated carbocycles. The zero-order valence-electron chi connectivity index (χ0n) is 11.0. The highest BCUT2D eigenvalue weighted by molar-refractivity contribution is 6.30. The van der Waals surface area contributed by atoms with Crippen LogP contribution in [-0.2, 0) is 9.63 Å². The van der Waals surface area contributed by atoms with Crippen LogP contribution in [0.15, 0.2) is 11.3 Å². The average Bonchev–Trinajstić information content (AvgIpc) is 2.22. The van der Waals surface area contributed by atoms with Crippen LogP contribution in [0.5, 0.6) is 0 Å². The van der Waals surface area contributed by atoms with E-state index >= 15 is 0 Å². The summed E-state index contributed by atoms with van der Waals surface area (Å²) in [6, 6.07) is 0. The van der Waals surface area contributed by atoms with Crippen LogP contribution in [0.2, 0.25) is 0 Å². The molecule has 0 bridgehead atoms. The highest BCUT2D eigenvalue weighted by atomic mass is 35.5. The fraction of sp³-hybridized carbons (Fsp3) is 0.750. The Bertz CT molecular complexity index is 270. The van der Waals surface area contributed by atoms with Crippen LogP contribution in [0.1, 0.15) is 41.0 Å². The van der Waals surface area contributed by atoms with E-state index in [4.69, 9.17) is 16.4 Å². The van der Waals surface area contributed by atoms with E-state index in [1.54, 1.807) is 0 Å². The molecule has 0 spiro atoms. The molecule has 1 amide bonds. The van der Waals surface area contributed by atoms with Crippen LogP contribution in [0, 0.1) is 5.92 Å². The van der Waals surface area contributed by atoms with Crippen molar-refractivity contribution in [1.29, 1.82) is 0 Å². The third-order valence-electron chi connectivity index (χ3n) is 2.29. The SMILES string of the molecule is CCC(Cl)C(=O)N(OC)C(=C(C)C)C(C)C. The van der Waals surface area contributed by atoms with Crippen LogP contribution in [0.4, 0.5) is 0 Å². The van der Waals surface area contributed by atoms with Gasteiger partial charge in [-0.15, -0.1) is 11.6 Å². The lowest BCUT2D eigenvalue weighted by molar-refractivity contribution is -0.167. The van der Waals surface area contributed by atoms with Gasteiger partial charge in [0.1, 0.15) is 5.38 Å². The van der Waals surface area contributed by atoms with Gasteiger partial charge in [0.15, 0.2) is 0 Å². The lowest BCUT2D eigenvalue weighted by atomic mass is 10.1. The normalized spacial score (nSPS) is 12.5. The number of alkyl halides is 1. The predicted octanol–water partition coefficient (Wildman–Crippen LogP) is 3.34. The van der Waals surface area contributed by atoms with Crippen molar-refractivity contribution in [2.24, 2.45) is 5.92 Å². The molecule has 0 aromatic heterocycles. The molecule has 3 nitrogen and oxygen atoms in total. The number of rotatable bonds is 5. The van der Waals surface area contributed by atoms with Crippen molar-refractivity contribution < 1.29 is 9.63 Å². The molecule has 0 saturated heterocycles. The Hall–Kier alpha value is -0.540. The molecule has 4 heteroatoms. The molecule has 0 heterocycles. The summed E-state index contributed by atoms with van der Waals surface area (Å²) in [7, 11) is 1.49. The number of carbonyl (C=O) groups is 1. The molecule has 0 aliphatic carbocycles. The Morgan fingerprint density at radius 3 is 2.12 bits per heavy atom. The van der Waals surface area contributed by atoms with Crippen molar-refractivity contribution >= 4 is 17.5 Å². The van der Waals surface area contributed by atoms with E-state index in [9.17, 15) is 4.79 Å². The van der Waals surface area contributed by atoms with Crippen LogP contribution >= 0.6 is 11.6 Å². The van der Waals surface area contributed by atoms with Crippen molar-refractivity contribution in [3.63, 3.8) is 0 Å². The molecular weight excluding hydrogens is 226 g/mol. The Morgan fingerprint density at radius 1 is 1.38 bits per heavy atom.